The van der Waals surface area contributed by atoms with Crippen LogP contribution in [0.15, 0.2) is 24.5 Å². The number of likely N-dealkylation sites (tertiary alicyclic amines) is 1. The highest BCUT2D eigenvalue weighted by molar-refractivity contribution is 5.73. The van der Waals surface area contributed by atoms with Gasteiger partial charge >= 0.3 is 24.3 Å². The van der Waals surface area contributed by atoms with Crippen LogP contribution < -0.4 is 0 Å². The molecule has 2 N–H and O–H groups in total. The van der Waals surface area contributed by atoms with Crippen LogP contribution in [-0.2, 0) is 25.5 Å². The molecule has 0 spiro atoms. The molecule has 0 radical (unpaired) electrons. The summed E-state index contributed by atoms with van der Waals surface area (Å²) in [6, 6.07) is 4.65. The molecular formula is C20H26F6N2O6. The summed E-state index contributed by atoms with van der Waals surface area (Å²) in [6.07, 6.45) is -2.65. The Hall–Kier alpha value is -2.45. The van der Waals surface area contributed by atoms with E-state index in [0.29, 0.717) is 18.1 Å². The van der Waals surface area contributed by atoms with Gasteiger partial charge in [0, 0.05) is 45.2 Å². The van der Waals surface area contributed by atoms with Gasteiger partial charge in [0.25, 0.3) is 0 Å². The molecule has 0 aliphatic carbocycles. The summed E-state index contributed by atoms with van der Waals surface area (Å²) >= 11 is 0. The van der Waals surface area contributed by atoms with Crippen molar-refractivity contribution >= 4 is 11.9 Å². The zero-order chi connectivity index (χ0) is 25.9. The van der Waals surface area contributed by atoms with Crippen molar-refractivity contribution in [2.24, 2.45) is 5.92 Å². The Morgan fingerprint density at radius 3 is 2.15 bits per heavy atom. The van der Waals surface area contributed by atoms with Gasteiger partial charge in [-0.3, -0.25) is 9.88 Å². The Bertz CT molecular complexity index is 732. The van der Waals surface area contributed by atoms with Gasteiger partial charge in [0.15, 0.2) is 0 Å². The monoisotopic (exact) mass is 504 g/mol. The second-order valence-corrected chi connectivity index (χ2v) is 7.53. The molecule has 1 aromatic rings. The quantitative estimate of drug-likeness (QED) is 0.590. The number of hydrogen-bond donors (Lipinski definition) is 2. The maximum atomic E-state index is 10.6. The molecule has 2 aliphatic heterocycles. The van der Waals surface area contributed by atoms with Crippen LogP contribution in [0.4, 0.5) is 26.3 Å². The fourth-order valence-electron chi connectivity index (χ4n) is 3.47. The second kappa shape index (κ2) is 13.4. The average Bonchev–Trinajstić information content (AvgIpc) is 3.39. The van der Waals surface area contributed by atoms with Crippen molar-refractivity contribution in [3.63, 3.8) is 0 Å². The summed E-state index contributed by atoms with van der Waals surface area (Å²) in [5.74, 6) is -4.82. The number of aromatic nitrogens is 1. The number of carboxylic acid groups (broad SMARTS) is 2. The van der Waals surface area contributed by atoms with Crippen molar-refractivity contribution < 1.29 is 55.6 Å². The maximum Gasteiger partial charge on any atom is 0.490 e. The van der Waals surface area contributed by atoms with E-state index in [1.54, 1.807) is 0 Å². The Labute approximate surface area is 191 Å². The number of methoxy groups -OCH3 is 1. The fraction of sp³-hybridized carbons (Fsp3) is 0.650. The molecule has 0 saturated carbocycles. The van der Waals surface area contributed by atoms with Gasteiger partial charge < -0.3 is 19.7 Å². The molecule has 14 heteroatoms. The number of hydrogen-bond acceptors (Lipinski definition) is 6. The predicted molar refractivity (Wildman–Crippen MR) is 105 cm³/mol. The topological polar surface area (TPSA) is 109 Å². The summed E-state index contributed by atoms with van der Waals surface area (Å²) in [5.41, 5.74) is 1.30. The minimum absolute atomic E-state index is 0.345. The Kier molecular flexibility index (Phi) is 11.7. The van der Waals surface area contributed by atoms with Crippen molar-refractivity contribution in [1.82, 2.24) is 9.88 Å². The number of halogens is 6. The molecule has 0 amide bonds. The van der Waals surface area contributed by atoms with Gasteiger partial charge in [-0.05, 0) is 36.8 Å². The van der Waals surface area contributed by atoms with Crippen LogP contribution in [0.25, 0.3) is 0 Å². The molecular weight excluding hydrogens is 478 g/mol. The van der Waals surface area contributed by atoms with E-state index in [0.717, 1.165) is 39.1 Å². The van der Waals surface area contributed by atoms with Crippen LogP contribution in [0.2, 0.25) is 0 Å². The van der Waals surface area contributed by atoms with Crippen LogP contribution >= 0.6 is 0 Å². The van der Waals surface area contributed by atoms with Crippen LogP contribution in [0.3, 0.4) is 0 Å². The molecule has 2 fully saturated rings. The van der Waals surface area contributed by atoms with Crippen molar-refractivity contribution in [3.05, 3.63) is 30.1 Å². The van der Waals surface area contributed by atoms with Gasteiger partial charge in [-0.2, -0.15) is 26.3 Å². The highest BCUT2D eigenvalue weighted by atomic mass is 19.4. The second-order valence-electron chi connectivity index (χ2n) is 7.53. The zero-order valence-corrected chi connectivity index (χ0v) is 18.2. The molecule has 34 heavy (non-hydrogen) atoms. The van der Waals surface area contributed by atoms with E-state index in [1.807, 2.05) is 25.6 Å². The van der Waals surface area contributed by atoms with Crippen LogP contribution in [0.5, 0.6) is 0 Å². The van der Waals surface area contributed by atoms with Gasteiger partial charge in [0.2, 0.25) is 0 Å². The summed E-state index contributed by atoms with van der Waals surface area (Å²) in [5, 5.41) is 14.2. The Morgan fingerprint density at radius 1 is 1.15 bits per heavy atom. The normalized spacial score (nSPS) is 22.9. The molecule has 2 saturated heterocycles. The molecule has 3 atom stereocenters. The Balaban J connectivity index is 0.000000343. The van der Waals surface area contributed by atoms with E-state index in [4.69, 9.17) is 29.3 Å². The van der Waals surface area contributed by atoms with E-state index >= 15 is 0 Å². The molecule has 1 unspecified atom stereocenters. The molecule has 194 valence electrons. The van der Waals surface area contributed by atoms with Crippen molar-refractivity contribution in [1.29, 1.82) is 0 Å². The third-order valence-corrected chi connectivity index (χ3v) is 5.07. The summed E-state index contributed by atoms with van der Waals surface area (Å²) < 4.78 is 74.7. The van der Waals surface area contributed by atoms with E-state index < -0.39 is 24.3 Å². The number of alkyl halides is 6. The molecule has 8 nitrogen and oxygen atoms in total. The first-order chi connectivity index (χ1) is 15.8. The van der Waals surface area contributed by atoms with Gasteiger partial charge in [0.1, 0.15) is 0 Å². The predicted octanol–water partition coefficient (Wildman–Crippen LogP) is 3.02. The number of aliphatic carboxylic acids is 2. The SMILES string of the molecule is CO[C@H]1CCN(CC2CCOC2)[C@H]1Cc1cccnc1.O=C(O)C(F)(F)F.O=C(O)C(F)(F)F. The first kappa shape index (κ1) is 29.6. The van der Waals surface area contributed by atoms with Crippen molar-refractivity contribution in [3.8, 4) is 0 Å². The van der Waals surface area contributed by atoms with Crippen molar-refractivity contribution in [2.45, 2.75) is 43.8 Å². The smallest absolute Gasteiger partial charge is 0.475 e. The number of nitrogens with zero attached hydrogens (tertiary/aromatic N) is 2. The summed E-state index contributed by atoms with van der Waals surface area (Å²) in [6.45, 7) is 4.14. The standard InChI is InChI=1S/C16H24N2O2.2C2HF3O2/c1-19-16-4-7-18(11-14-5-8-20-12-14)15(16)9-13-3-2-6-17-10-13;2*3-2(4,5)1(6)7/h2-3,6,10,14-16H,4-5,7-9,11-12H2,1H3;2*(H,6,7)/t14?,15-,16-;;/m0../s1. The van der Waals surface area contributed by atoms with Crippen molar-refractivity contribution in [2.75, 3.05) is 33.4 Å². The Morgan fingerprint density at radius 2 is 1.74 bits per heavy atom. The van der Waals surface area contributed by atoms with E-state index in [9.17, 15) is 26.3 Å². The van der Waals surface area contributed by atoms with Gasteiger partial charge in [0.05, 0.1) is 12.7 Å². The highest BCUT2D eigenvalue weighted by Gasteiger charge is 2.39. The molecule has 1 aromatic heterocycles. The van der Waals surface area contributed by atoms with Gasteiger partial charge in [-0.1, -0.05) is 6.07 Å². The number of carboxylic acids is 2. The van der Waals surface area contributed by atoms with Gasteiger partial charge in [-0.25, -0.2) is 9.59 Å². The highest BCUT2D eigenvalue weighted by Crippen LogP contribution is 2.26. The summed E-state index contributed by atoms with van der Waals surface area (Å²) in [7, 11) is 1.84. The fourth-order valence-corrected chi connectivity index (χ4v) is 3.47. The largest absolute Gasteiger partial charge is 0.490 e. The first-order valence-electron chi connectivity index (χ1n) is 10.1. The zero-order valence-electron chi connectivity index (χ0n) is 18.2. The first-order valence-corrected chi connectivity index (χ1v) is 10.1. The number of pyridine rings is 1. The van der Waals surface area contributed by atoms with E-state index in [1.165, 1.54) is 12.0 Å². The number of carbonyl (C=O) groups is 2. The lowest BCUT2D eigenvalue weighted by Crippen LogP contribution is -2.40. The third-order valence-electron chi connectivity index (χ3n) is 5.07. The maximum absolute atomic E-state index is 10.6. The van der Waals surface area contributed by atoms with Gasteiger partial charge in [-0.15, -0.1) is 0 Å². The lowest BCUT2D eigenvalue weighted by molar-refractivity contribution is -0.193. The van der Waals surface area contributed by atoms with Crippen LogP contribution in [-0.4, -0.2) is 89.9 Å². The minimum atomic E-state index is -5.08. The minimum Gasteiger partial charge on any atom is -0.475 e. The molecule has 0 bridgehead atoms. The van der Waals surface area contributed by atoms with Crippen LogP contribution in [0, 0.1) is 5.92 Å². The molecule has 3 heterocycles. The lowest BCUT2D eigenvalue weighted by Gasteiger charge is -2.29. The summed E-state index contributed by atoms with van der Waals surface area (Å²) in [4.78, 5) is 24.6. The number of rotatable bonds is 5. The average molecular weight is 504 g/mol. The number of ether oxygens (including phenoxy) is 2. The molecule has 2 aliphatic rings. The molecule has 3 rings (SSSR count). The van der Waals surface area contributed by atoms with E-state index in [2.05, 4.69) is 16.0 Å². The lowest BCUT2D eigenvalue weighted by atomic mass is 10.0. The third kappa shape index (κ3) is 10.7. The molecule has 0 aromatic carbocycles. The van der Waals surface area contributed by atoms with E-state index in [-0.39, 0.29) is 0 Å². The van der Waals surface area contributed by atoms with Crippen LogP contribution in [0.1, 0.15) is 18.4 Å².